The average Bonchev–Trinajstić information content (AvgIpc) is 0.811. The Morgan fingerprint density at radius 2 is 1.17 bits per heavy atom. The van der Waals surface area contributed by atoms with Crippen LogP contribution in [0, 0.1) is 0 Å². The molecule has 0 radical (unpaired) electrons. The van der Waals surface area contributed by atoms with E-state index in [1.807, 2.05) is 0 Å². The van der Waals surface area contributed by atoms with Crippen LogP contribution in [0.3, 0.4) is 0 Å². The fourth-order valence-corrected chi connectivity index (χ4v) is 0. The smallest absolute Gasteiger partial charge is 0.187 e. The largest absolute Gasteiger partial charge is 0.300 e. The molecule has 0 atom stereocenters. The van der Waals surface area contributed by atoms with Crippen LogP contribution < -0.4 is 0 Å². The summed E-state index contributed by atoms with van der Waals surface area (Å²) in [5.74, 6) is 0.167. The van der Waals surface area contributed by atoms with Gasteiger partial charge in [0.2, 0.25) is 0 Å². The van der Waals surface area contributed by atoms with Gasteiger partial charge in [-0.3, -0.25) is 0 Å². The highest BCUT2D eigenvalue weighted by Crippen LogP contribution is 1.50. The molecule has 0 amide bonds. The molecule has 0 spiro atoms. The summed E-state index contributed by atoms with van der Waals surface area (Å²) in [7, 11) is 0. The molecule has 1 nitrogen and oxygen atoms in total. The summed E-state index contributed by atoms with van der Waals surface area (Å²) in [6.45, 7) is 3.06. The second-order valence-corrected chi connectivity index (χ2v) is 0.908. The highest BCUT2D eigenvalue weighted by Gasteiger charge is 1.62. The van der Waals surface area contributed by atoms with Crippen LogP contribution in [0.1, 0.15) is 13.8 Å². The Morgan fingerprint density at radius 3 is 1.17 bits per heavy atom. The number of ketones is 1. The molecule has 0 aromatic rings. The van der Waals surface area contributed by atoms with E-state index in [1.165, 1.54) is 13.8 Å². The van der Waals surface area contributed by atoms with Crippen molar-refractivity contribution in [2.24, 2.45) is 0 Å². The SMILES string of the molecule is CC(C)=O.[AlH3].[AlH3]. The summed E-state index contributed by atoms with van der Waals surface area (Å²) in [5.41, 5.74) is 0. The topological polar surface area (TPSA) is 17.1 Å². The molecule has 0 saturated heterocycles. The Balaban J connectivity index is -0.0000000450. The zero-order chi connectivity index (χ0) is 3.58. The lowest BCUT2D eigenvalue weighted by Gasteiger charge is -1.56. The zero-order valence-electron chi connectivity index (χ0n) is 2.91. The van der Waals surface area contributed by atoms with E-state index >= 15 is 0 Å². The molecule has 36 valence electrons. The molecule has 0 bridgehead atoms. The van der Waals surface area contributed by atoms with Gasteiger partial charge in [0.25, 0.3) is 0 Å². The van der Waals surface area contributed by atoms with Crippen LogP contribution in [0.2, 0.25) is 0 Å². The fourth-order valence-electron chi connectivity index (χ4n) is 0. The van der Waals surface area contributed by atoms with Crippen LogP contribution >= 0.6 is 0 Å². The van der Waals surface area contributed by atoms with Crippen LogP contribution in [-0.2, 0) is 4.79 Å². The molecule has 0 aromatic carbocycles. The normalized spacial score (nSPS) is 4.33. The molecule has 0 aliphatic heterocycles. The van der Waals surface area contributed by atoms with Crippen molar-refractivity contribution in [3.05, 3.63) is 0 Å². The third-order valence-corrected chi connectivity index (χ3v) is 0. The number of carbonyl (C=O) groups excluding carboxylic acids is 1. The molecule has 0 fully saturated rings. The second kappa shape index (κ2) is 9.22. The standard InChI is InChI=1S/C3H6O.2Al.6H/c1-3(2)4;;;;;;;;/h1-2H3;;;;;;;;. The molecule has 0 aliphatic rings. The highest BCUT2D eigenvalue weighted by molar-refractivity contribution is 5.76. The first-order valence-corrected chi connectivity index (χ1v) is 1.20. The zero-order valence-corrected chi connectivity index (χ0v) is 2.91. The molecule has 0 saturated carbocycles. The van der Waals surface area contributed by atoms with E-state index in [0.29, 0.717) is 0 Å². The first kappa shape index (κ1) is 15.9. The van der Waals surface area contributed by atoms with Crippen LogP contribution in [0.15, 0.2) is 0 Å². The van der Waals surface area contributed by atoms with E-state index in [9.17, 15) is 4.79 Å². The van der Waals surface area contributed by atoms with Gasteiger partial charge in [-0.2, -0.15) is 0 Å². The minimum atomic E-state index is 0. The third-order valence-electron chi connectivity index (χ3n) is 0. The van der Waals surface area contributed by atoms with Crippen molar-refractivity contribution in [2.45, 2.75) is 13.8 Å². The van der Waals surface area contributed by atoms with Crippen molar-refractivity contribution >= 4 is 40.5 Å². The van der Waals surface area contributed by atoms with Gasteiger partial charge in [0.05, 0.1) is 0 Å². The van der Waals surface area contributed by atoms with Gasteiger partial charge in [0, 0.05) is 0 Å². The van der Waals surface area contributed by atoms with E-state index in [0.717, 1.165) is 0 Å². The maximum Gasteiger partial charge on any atom is 0.187 e. The third kappa shape index (κ3) is 122. The van der Waals surface area contributed by atoms with Crippen molar-refractivity contribution in [1.29, 1.82) is 0 Å². The quantitative estimate of drug-likeness (QED) is 0.344. The van der Waals surface area contributed by atoms with Crippen molar-refractivity contribution in [2.75, 3.05) is 0 Å². The summed E-state index contributed by atoms with van der Waals surface area (Å²) >= 11 is 0. The van der Waals surface area contributed by atoms with Gasteiger partial charge >= 0.3 is 0 Å². The molecule has 6 heavy (non-hydrogen) atoms. The molecule has 0 aliphatic carbocycles. The van der Waals surface area contributed by atoms with Gasteiger partial charge in [0.1, 0.15) is 5.78 Å². The van der Waals surface area contributed by atoms with Crippen LogP contribution in [0.25, 0.3) is 0 Å². The Bertz CT molecular complexity index is 31.8. The Labute approximate surface area is 59.4 Å². The maximum atomic E-state index is 9.44. The number of Topliss-reactive ketones (excluding diaryl/α,β-unsaturated/α-hetero) is 1. The Morgan fingerprint density at radius 1 is 1.17 bits per heavy atom. The lowest BCUT2D eigenvalue weighted by atomic mass is 10.6. The van der Waals surface area contributed by atoms with Gasteiger partial charge in [0.15, 0.2) is 34.7 Å². The molecular weight excluding hydrogens is 106 g/mol. The molecule has 0 unspecified atom stereocenters. The first-order chi connectivity index (χ1) is 1.73. The van der Waals surface area contributed by atoms with Crippen LogP contribution in [-0.4, -0.2) is 40.5 Å². The van der Waals surface area contributed by atoms with E-state index in [1.54, 1.807) is 0 Å². The molecule has 0 aromatic heterocycles. The maximum absolute atomic E-state index is 9.44. The lowest BCUT2D eigenvalue weighted by Crippen LogP contribution is -1.69. The number of rotatable bonds is 0. The van der Waals surface area contributed by atoms with Gasteiger partial charge in [-0.05, 0) is 13.8 Å². The summed E-state index contributed by atoms with van der Waals surface area (Å²) in [6.07, 6.45) is 0. The average molecular weight is 118 g/mol. The van der Waals surface area contributed by atoms with E-state index in [-0.39, 0.29) is 40.5 Å². The fraction of sp³-hybridized carbons (Fsp3) is 0.667. The summed E-state index contributed by atoms with van der Waals surface area (Å²) in [4.78, 5) is 9.44. The lowest BCUT2D eigenvalue weighted by molar-refractivity contribution is -0.114. The molecular formula is C3H12Al2O. The summed E-state index contributed by atoms with van der Waals surface area (Å²) in [6, 6.07) is 0. The molecule has 0 heterocycles. The predicted molar refractivity (Wildman–Crippen MR) is 36.2 cm³/mol. The summed E-state index contributed by atoms with van der Waals surface area (Å²) in [5, 5.41) is 0. The van der Waals surface area contributed by atoms with Crippen LogP contribution in [0.4, 0.5) is 0 Å². The first-order valence-electron chi connectivity index (χ1n) is 1.20. The van der Waals surface area contributed by atoms with E-state index < -0.39 is 0 Å². The Hall–Kier alpha value is 0.735. The monoisotopic (exact) mass is 118 g/mol. The second-order valence-electron chi connectivity index (χ2n) is 0.908. The van der Waals surface area contributed by atoms with Crippen LogP contribution in [0.5, 0.6) is 0 Å². The molecule has 0 rings (SSSR count). The van der Waals surface area contributed by atoms with Gasteiger partial charge in [-0.15, -0.1) is 0 Å². The van der Waals surface area contributed by atoms with E-state index in [4.69, 9.17) is 0 Å². The van der Waals surface area contributed by atoms with Crippen molar-refractivity contribution in [1.82, 2.24) is 0 Å². The van der Waals surface area contributed by atoms with Gasteiger partial charge < -0.3 is 4.79 Å². The van der Waals surface area contributed by atoms with Crippen molar-refractivity contribution in [3.63, 3.8) is 0 Å². The molecule has 0 N–H and O–H groups in total. The predicted octanol–water partition coefficient (Wildman–Crippen LogP) is -1.77. The number of hydrogen-bond acceptors (Lipinski definition) is 1. The van der Waals surface area contributed by atoms with Gasteiger partial charge in [-0.25, -0.2) is 0 Å². The Kier molecular flexibility index (Phi) is 24.4. The minimum absolute atomic E-state index is 0. The van der Waals surface area contributed by atoms with Crippen molar-refractivity contribution in [3.8, 4) is 0 Å². The van der Waals surface area contributed by atoms with E-state index in [2.05, 4.69) is 0 Å². The summed E-state index contributed by atoms with van der Waals surface area (Å²) < 4.78 is 0. The number of carbonyl (C=O) groups is 1. The molecule has 3 heteroatoms. The highest BCUT2D eigenvalue weighted by atomic mass is 27.0. The van der Waals surface area contributed by atoms with Gasteiger partial charge in [-0.1, -0.05) is 0 Å². The van der Waals surface area contributed by atoms with Crippen molar-refractivity contribution < 1.29 is 4.79 Å². The minimum Gasteiger partial charge on any atom is -0.300 e. The number of hydrogen-bond donors (Lipinski definition) is 0.